The van der Waals surface area contributed by atoms with Crippen molar-refractivity contribution in [1.29, 1.82) is 0 Å². The minimum atomic E-state index is -0.283. The third kappa shape index (κ3) is 5.98. The summed E-state index contributed by atoms with van der Waals surface area (Å²) in [6.45, 7) is 1.87. The number of methoxy groups -OCH3 is 1. The molecule has 1 heterocycles. The zero-order valence-corrected chi connectivity index (χ0v) is 18.8. The van der Waals surface area contributed by atoms with Crippen LogP contribution in [0, 0.1) is 6.92 Å². The van der Waals surface area contributed by atoms with Gasteiger partial charge in [-0.25, -0.2) is 0 Å². The topological polar surface area (TPSA) is 89.5 Å². The van der Waals surface area contributed by atoms with Gasteiger partial charge in [-0.15, -0.1) is 0 Å². The Morgan fingerprint density at radius 3 is 2.50 bits per heavy atom. The molecule has 7 nitrogen and oxygen atoms in total. The smallest absolute Gasteiger partial charge is 0.269 e. The predicted molar refractivity (Wildman–Crippen MR) is 124 cm³/mol. The van der Waals surface area contributed by atoms with E-state index < -0.39 is 0 Å². The second kappa shape index (κ2) is 10.6. The fourth-order valence-corrected chi connectivity index (χ4v) is 3.14. The highest BCUT2D eigenvalue weighted by Gasteiger charge is 2.11. The molecule has 0 saturated heterocycles. The largest absolute Gasteiger partial charge is 0.495 e. The van der Waals surface area contributed by atoms with E-state index in [2.05, 4.69) is 15.6 Å². The molecule has 0 bridgehead atoms. The van der Waals surface area contributed by atoms with E-state index >= 15 is 0 Å². The number of rotatable bonds is 8. The van der Waals surface area contributed by atoms with Gasteiger partial charge in [-0.1, -0.05) is 23.7 Å². The van der Waals surface area contributed by atoms with Gasteiger partial charge in [0, 0.05) is 30.8 Å². The molecule has 1 aromatic heterocycles. The van der Waals surface area contributed by atoms with E-state index in [-0.39, 0.29) is 17.5 Å². The Hall–Kier alpha value is -3.58. The average Bonchev–Trinajstić information content (AvgIpc) is 2.80. The van der Waals surface area contributed by atoms with E-state index in [9.17, 15) is 9.59 Å². The third-order valence-corrected chi connectivity index (χ3v) is 5.15. The first-order valence-corrected chi connectivity index (χ1v) is 10.4. The molecule has 2 aromatic carbocycles. The number of halogens is 1. The third-order valence-electron chi connectivity index (χ3n) is 4.75. The van der Waals surface area contributed by atoms with Crippen molar-refractivity contribution in [3.8, 4) is 17.2 Å². The molecule has 2 N–H and O–H groups in total. The van der Waals surface area contributed by atoms with Gasteiger partial charge in [0.05, 0.1) is 12.8 Å². The number of benzene rings is 2. The van der Waals surface area contributed by atoms with Gasteiger partial charge >= 0.3 is 0 Å². The summed E-state index contributed by atoms with van der Waals surface area (Å²) >= 11 is 6.16. The van der Waals surface area contributed by atoms with Crippen LogP contribution in [-0.2, 0) is 11.2 Å². The zero-order valence-electron chi connectivity index (χ0n) is 18.1. The molecular weight excluding hydrogens is 430 g/mol. The van der Waals surface area contributed by atoms with Crippen molar-refractivity contribution in [1.82, 2.24) is 10.3 Å². The maximum atomic E-state index is 12.4. The number of hydrogen-bond acceptors (Lipinski definition) is 5. The zero-order chi connectivity index (χ0) is 23.1. The quantitative estimate of drug-likeness (QED) is 0.512. The van der Waals surface area contributed by atoms with Crippen molar-refractivity contribution in [2.45, 2.75) is 19.8 Å². The number of aryl methyl sites for hydroxylation is 2. The molecule has 3 rings (SSSR count). The van der Waals surface area contributed by atoms with Gasteiger partial charge < -0.3 is 20.1 Å². The summed E-state index contributed by atoms with van der Waals surface area (Å²) in [5.41, 5.74) is 2.69. The molecule has 0 aliphatic rings. The Kier molecular flexibility index (Phi) is 7.68. The van der Waals surface area contributed by atoms with Crippen LogP contribution in [0.25, 0.3) is 0 Å². The Bertz CT molecular complexity index is 1120. The fourth-order valence-electron chi connectivity index (χ4n) is 2.98. The summed E-state index contributed by atoms with van der Waals surface area (Å²) in [5, 5.41) is 5.94. The minimum Gasteiger partial charge on any atom is -0.495 e. The Labute approximate surface area is 191 Å². The molecule has 0 spiro atoms. The lowest BCUT2D eigenvalue weighted by atomic mass is 10.1. The maximum absolute atomic E-state index is 12.4. The van der Waals surface area contributed by atoms with Crippen LogP contribution in [0.3, 0.4) is 0 Å². The van der Waals surface area contributed by atoms with E-state index in [1.165, 1.54) is 6.20 Å². The van der Waals surface area contributed by atoms with Crippen LogP contribution in [0.5, 0.6) is 17.2 Å². The van der Waals surface area contributed by atoms with Crippen LogP contribution in [0.2, 0.25) is 5.02 Å². The normalized spacial score (nSPS) is 10.4. The summed E-state index contributed by atoms with van der Waals surface area (Å²) in [6.07, 6.45) is 2.38. The lowest BCUT2D eigenvalue weighted by Gasteiger charge is -2.12. The van der Waals surface area contributed by atoms with E-state index in [0.717, 1.165) is 11.1 Å². The molecule has 2 amide bonds. The molecule has 0 atom stereocenters. The highest BCUT2D eigenvalue weighted by Crippen LogP contribution is 2.31. The molecule has 0 aliphatic carbocycles. The van der Waals surface area contributed by atoms with Crippen molar-refractivity contribution < 1.29 is 19.1 Å². The molecule has 0 aliphatic heterocycles. The average molecular weight is 454 g/mol. The number of aromatic nitrogens is 1. The maximum Gasteiger partial charge on any atom is 0.269 e. The highest BCUT2D eigenvalue weighted by molar-refractivity contribution is 6.31. The number of ether oxygens (including phenoxy) is 2. The summed E-state index contributed by atoms with van der Waals surface area (Å²) < 4.78 is 11.1. The van der Waals surface area contributed by atoms with Gasteiger partial charge in [0.15, 0.2) is 0 Å². The molecule has 0 radical (unpaired) electrons. The minimum absolute atomic E-state index is 0.137. The van der Waals surface area contributed by atoms with Crippen LogP contribution < -0.4 is 20.1 Å². The standard InChI is InChI=1S/C24H24ClN3O4/c1-15-12-22(31-3)20(14-19(15)25)28-23(29)9-6-16-4-7-17(8-5-16)32-18-10-11-27-21(13-18)24(30)26-2/h4-5,7-8,10-14H,6,9H2,1-3H3,(H,26,30)(H,28,29). The van der Waals surface area contributed by atoms with Crippen molar-refractivity contribution >= 4 is 29.1 Å². The summed E-state index contributed by atoms with van der Waals surface area (Å²) in [7, 11) is 3.09. The van der Waals surface area contributed by atoms with Crippen LogP contribution in [-0.4, -0.2) is 31.0 Å². The Balaban J connectivity index is 1.57. The number of nitrogens with zero attached hydrogens (tertiary/aromatic N) is 1. The fraction of sp³-hybridized carbons (Fsp3) is 0.208. The first-order chi connectivity index (χ1) is 15.4. The van der Waals surface area contributed by atoms with E-state index in [4.69, 9.17) is 21.1 Å². The van der Waals surface area contributed by atoms with Crippen molar-refractivity contribution in [2.75, 3.05) is 19.5 Å². The Morgan fingerprint density at radius 2 is 1.81 bits per heavy atom. The Morgan fingerprint density at radius 1 is 1.06 bits per heavy atom. The summed E-state index contributed by atoms with van der Waals surface area (Å²) in [4.78, 5) is 28.1. The number of amides is 2. The molecule has 0 saturated carbocycles. The van der Waals surface area contributed by atoms with E-state index in [1.807, 2.05) is 31.2 Å². The van der Waals surface area contributed by atoms with Gasteiger partial charge in [0.1, 0.15) is 22.9 Å². The number of nitrogens with one attached hydrogen (secondary N) is 2. The number of carbonyl (C=O) groups excluding carboxylic acids is 2. The van der Waals surface area contributed by atoms with Crippen LogP contribution in [0.15, 0.2) is 54.7 Å². The van der Waals surface area contributed by atoms with E-state index in [0.29, 0.717) is 40.8 Å². The van der Waals surface area contributed by atoms with Crippen molar-refractivity contribution in [2.24, 2.45) is 0 Å². The molecule has 0 fully saturated rings. The van der Waals surface area contributed by atoms with Gasteiger partial charge in [-0.3, -0.25) is 14.6 Å². The van der Waals surface area contributed by atoms with Gasteiger partial charge in [-0.2, -0.15) is 0 Å². The number of pyridine rings is 1. The number of hydrogen-bond donors (Lipinski definition) is 2. The predicted octanol–water partition coefficient (Wildman–Crippen LogP) is 4.78. The number of anilines is 1. The highest BCUT2D eigenvalue weighted by atomic mass is 35.5. The number of carbonyl (C=O) groups is 2. The van der Waals surface area contributed by atoms with Gasteiger partial charge in [0.25, 0.3) is 5.91 Å². The van der Waals surface area contributed by atoms with E-state index in [1.54, 1.807) is 38.4 Å². The van der Waals surface area contributed by atoms with Gasteiger partial charge in [-0.05, 0) is 54.8 Å². The molecule has 8 heteroatoms. The molecule has 166 valence electrons. The molecule has 0 unspecified atom stereocenters. The van der Waals surface area contributed by atoms with Crippen molar-refractivity contribution in [3.05, 3.63) is 76.6 Å². The summed E-state index contributed by atoms with van der Waals surface area (Å²) in [6, 6.07) is 14.1. The first kappa shape index (κ1) is 23.1. The summed E-state index contributed by atoms with van der Waals surface area (Å²) in [5.74, 6) is 1.27. The van der Waals surface area contributed by atoms with Crippen molar-refractivity contribution in [3.63, 3.8) is 0 Å². The lowest BCUT2D eigenvalue weighted by Crippen LogP contribution is -2.18. The molecule has 3 aromatic rings. The van der Waals surface area contributed by atoms with Crippen LogP contribution in [0.4, 0.5) is 5.69 Å². The van der Waals surface area contributed by atoms with Gasteiger partial charge in [0.2, 0.25) is 5.91 Å². The lowest BCUT2D eigenvalue weighted by molar-refractivity contribution is -0.116. The first-order valence-electron chi connectivity index (χ1n) is 9.98. The van der Waals surface area contributed by atoms with Crippen LogP contribution >= 0.6 is 11.6 Å². The molecular formula is C24H24ClN3O4. The second-order valence-corrected chi connectivity index (χ2v) is 7.46. The SMILES string of the molecule is CNC(=O)c1cc(Oc2ccc(CCC(=O)Nc3cc(Cl)c(C)cc3OC)cc2)ccn1. The van der Waals surface area contributed by atoms with Crippen LogP contribution in [0.1, 0.15) is 28.0 Å². The second-order valence-electron chi connectivity index (χ2n) is 7.05. The molecule has 32 heavy (non-hydrogen) atoms. The monoisotopic (exact) mass is 453 g/mol.